The minimum absolute atomic E-state index is 0.459. The van der Waals surface area contributed by atoms with Crippen molar-refractivity contribution in [3.8, 4) is 0 Å². The molecule has 4 nitrogen and oxygen atoms in total. The van der Waals surface area contributed by atoms with Crippen LogP contribution in [0.2, 0.25) is 0 Å². The second-order valence-electron chi connectivity index (χ2n) is 5.84. The molecule has 0 aromatic heterocycles. The molecule has 1 aliphatic heterocycles. The number of piperidine rings is 1. The molecule has 0 bridgehead atoms. The van der Waals surface area contributed by atoms with E-state index in [0.717, 1.165) is 12.8 Å². The molecule has 0 saturated carbocycles. The lowest BCUT2D eigenvalue weighted by molar-refractivity contribution is 0.220. The largest absolute Gasteiger partial charge is 0.279 e. The standard InChI is InChI=1S/C12H26N2O2S/c1-10(2)5-6-13-17(15,16)14-8-11(3)7-12(4)9-14/h10-13H,5-9H2,1-4H3. The first kappa shape index (κ1) is 14.9. The highest BCUT2D eigenvalue weighted by Crippen LogP contribution is 2.22. The molecule has 2 unspecified atom stereocenters. The summed E-state index contributed by atoms with van der Waals surface area (Å²) in [7, 11) is -3.26. The smallest absolute Gasteiger partial charge is 0.202 e. The molecule has 1 aliphatic rings. The number of nitrogens with one attached hydrogen (secondary N) is 1. The van der Waals surface area contributed by atoms with Crippen LogP contribution >= 0.6 is 0 Å². The highest BCUT2D eigenvalue weighted by molar-refractivity contribution is 7.87. The number of hydrogen-bond acceptors (Lipinski definition) is 2. The predicted molar refractivity (Wildman–Crippen MR) is 70.9 cm³/mol. The van der Waals surface area contributed by atoms with E-state index in [2.05, 4.69) is 32.4 Å². The molecule has 0 amide bonds. The Hall–Kier alpha value is -0.130. The van der Waals surface area contributed by atoms with Crippen molar-refractivity contribution >= 4 is 10.2 Å². The topological polar surface area (TPSA) is 49.4 Å². The van der Waals surface area contributed by atoms with Gasteiger partial charge in [-0.25, -0.2) is 4.72 Å². The summed E-state index contributed by atoms with van der Waals surface area (Å²) in [6.45, 7) is 10.3. The van der Waals surface area contributed by atoms with Crippen molar-refractivity contribution in [2.24, 2.45) is 17.8 Å². The van der Waals surface area contributed by atoms with Crippen molar-refractivity contribution in [1.82, 2.24) is 9.03 Å². The molecular formula is C12H26N2O2S. The van der Waals surface area contributed by atoms with Crippen LogP contribution in [0.1, 0.15) is 40.5 Å². The number of nitrogens with zero attached hydrogens (tertiary/aromatic N) is 1. The average Bonchev–Trinajstić information content (AvgIpc) is 2.14. The van der Waals surface area contributed by atoms with Crippen LogP contribution in [0, 0.1) is 17.8 Å². The Labute approximate surface area is 106 Å². The Morgan fingerprint density at radius 2 is 1.76 bits per heavy atom. The van der Waals surface area contributed by atoms with E-state index >= 15 is 0 Å². The Bertz CT molecular complexity index is 317. The van der Waals surface area contributed by atoms with Crippen molar-refractivity contribution in [1.29, 1.82) is 0 Å². The third-order valence-corrected chi connectivity index (χ3v) is 4.73. The maximum atomic E-state index is 12.1. The second kappa shape index (κ2) is 6.16. The van der Waals surface area contributed by atoms with Crippen molar-refractivity contribution in [2.45, 2.75) is 40.5 Å². The maximum absolute atomic E-state index is 12.1. The van der Waals surface area contributed by atoms with Crippen LogP contribution in [0.3, 0.4) is 0 Å². The summed E-state index contributed by atoms with van der Waals surface area (Å²) in [4.78, 5) is 0. The van der Waals surface area contributed by atoms with Crippen LogP contribution in [0.5, 0.6) is 0 Å². The van der Waals surface area contributed by atoms with E-state index in [1.165, 1.54) is 0 Å². The summed E-state index contributed by atoms with van der Waals surface area (Å²) in [5, 5.41) is 0. The van der Waals surface area contributed by atoms with Gasteiger partial charge in [-0.15, -0.1) is 0 Å². The minimum Gasteiger partial charge on any atom is -0.202 e. The van der Waals surface area contributed by atoms with Crippen molar-refractivity contribution in [3.63, 3.8) is 0 Å². The van der Waals surface area contributed by atoms with Gasteiger partial charge in [0.05, 0.1) is 0 Å². The van der Waals surface area contributed by atoms with E-state index in [0.29, 0.717) is 37.4 Å². The van der Waals surface area contributed by atoms with Gasteiger partial charge in [-0.05, 0) is 30.6 Å². The van der Waals surface area contributed by atoms with Crippen molar-refractivity contribution < 1.29 is 8.42 Å². The van der Waals surface area contributed by atoms with Gasteiger partial charge >= 0.3 is 0 Å². The van der Waals surface area contributed by atoms with E-state index < -0.39 is 10.2 Å². The summed E-state index contributed by atoms with van der Waals surface area (Å²) in [6, 6.07) is 0. The van der Waals surface area contributed by atoms with Crippen LogP contribution in [0.4, 0.5) is 0 Å². The molecule has 0 aliphatic carbocycles. The molecule has 1 saturated heterocycles. The van der Waals surface area contributed by atoms with Gasteiger partial charge in [0.2, 0.25) is 0 Å². The molecule has 0 aromatic carbocycles. The molecule has 0 radical (unpaired) electrons. The molecule has 2 atom stereocenters. The van der Waals surface area contributed by atoms with Crippen molar-refractivity contribution in [2.75, 3.05) is 19.6 Å². The van der Waals surface area contributed by atoms with E-state index in [1.807, 2.05) is 0 Å². The molecule has 5 heteroatoms. The molecule has 1 N–H and O–H groups in total. The average molecular weight is 262 g/mol. The summed E-state index contributed by atoms with van der Waals surface area (Å²) in [5.74, 6) is 1.44. The van der Waals surface area contributed by atoms with Gasteiger partial charge < -0.3 is 0 Å². The molecule has 1 fully saturated rings. The van der Waals surface area contributed by atoms with Crippen LogP contribution in [-0.2, 0) is 10.2 Å². The van der Waals surface area contributed by atoms with E-state index in [-0.39, 0.29) is 0 Å². The summed E-state index contributed by atoms with van der Waals surface area (Å²) in [6.07, 6.45) is 2.01. The molecule has 102 valence electrons. The SMILES string of the molecule is CC(C)CCNS(=O)(=O)N1CC(C)CC(C)C1. The number of hydrogen-bond donors (Lipinski definition) is 1. The zero-order chi connectivity index (χ0) is 13.1. The van der Waals surface area contributed by atoms with Crippen LogP contribution in [-0.4, -0.2) is 32.4 Å². The van der Waals surface area contributed by atoms with E-state index in [1.54, 1.807) is 4.31 Å². The molecule has 17 heavy (non-hydrogen) atoms. The van der Waals surface area contributed by atoms with Crippen molar-refractivity contribution in [3.05, 3.63) is 0 Å². The Morgan fingerprint density at radius 1 is 1.24 bits per heavy atom. The highest BCUT2D eigenvalue weighted by Gasteiger charge is 2.29. The monoisotopic (exact) mass is 262 g/mol. The lowest BCUT2D eigenvalue weighted by Crippen LogP contribution is -2.48. The first-order valence-corrected chi connectivity index (χ1v) is 8.00. The Balaban J connectivity index is 2.51. The van der Waals surface area contributed by atoms with Gasteiger partial charge in [-0.1, -0.05) is 27.7 Å². The lowest BCUT2D eigenvalue weighted by atomic mass is 9.94. The third-order valence-electron chi connectivity index (χ3n) is 3.18. The van der Waals surface area contributed by atoms with Gasteiger partial charge in [-0.3, -0.25) is 0 Å². The van der Waals surface area contributed by atoms with E-state index in [9.17, 15) is 8.42 Å². The molecule has 0 spiro atoms. The van der Waals surface area contributed by atoms with E-state index in [4.69, 9.17) is 0 Å². The quantitative estimate of drug-likeness (QED) is 0.822. The minimum atomic E-state index is -3.26. The third kappa shape index (κ3) is 4.94. The Morgan fingerprint density at radius 3 is 2.24 bits per heavy atom. The molecule has 0 aromatic rings. The second-order valence-corrected chi connectivity index (χ2v) is 7.60. The zero-order valence-electron chi connectivity index (χ0n) is 11.4. The van der Waals surface area contributed by atoms with Gasteiger partial charge in [-0.2, -0.15) is 12.7 Å². The van der Waals surface area contributed by atoms with Crippen LogP contribution in [0.15, 0.2) is 0 Å². The number of rotatable bonds is 5. The Kier molecular flexibility index (Phi) is 5.41. The molecule has 1 rings (SSSR count). The first-order chi connectivity index (χ1) is 7.81. The van der Waals surface area contributed by atoms with Crippen LogP contribution in [0.25, 0.3) is 0 Å². The van der Waals surface area contributed by atoms with Crippen LogP contribution < -0.4 is 4.72 Å². The lowest BCUT2D eigenvalue weighted by Gasteiger charge is -2.34. The maximum Gasteiger partial charge on any atom is 0.279 e. The highest BCUT2D eigenvalue weighted by atomic mass is 32.2. The molecule has 1 heterocycles. The first-order valence-electron chi connectivity index (χ1n) is 6.56. The fraction of sp³-hybridized carbons (Fsp3) is 1.00. The predicted octanol–water partition coefficient (Wildman–Crippen LogP) is 1.84. The van der Waals surface area contributed by atoms with Gasteiger partial charge in [0.1, 0.15) is 0 Å². The summed E-state index contributed by atoms with van der Waals surface area (Å²) in [5.41, 5.74) is 0. The molecular weight excluding hydrogens is 236 g/mol. The fourth-order valence-electron chi connectivity index (χ4n) is 2.37. The van der Waals surface area contributed by atoms with Gasteiger partial charge in [0.15, 0.2) is 0 Å². The summed E-state index contributed by atoms with van der Waals surface area (Å²) >= 11 is 0. The van der Waals surface area contributed by atoms with Gasteiger partial charge in [0, 0.05) is 19.6 Å². The zero-order valence-corrected chi connectivity index (χ0v) is 12.3. The fourth-order valence-corrected chi connectivity index (χ4v) is 3.83. The summed E-state index contributed by atoms with van der Waals surface area (Å²) < 4.78 is 28.4. The van der Waals surface area contributed by atoms with Gasteiger partial charge in [0.25, 0.3) is 10.2 Å². The normalized spacial score (nSPS) is 27.6.